The molecule has 0 saturated heterocycles. The standard InChI is InChI=1S/C16H18BrNO2/c17-10-11-18(13-14-5-2-1-3-6-14)16(19)9-8-15-7-4-12-20-15/h1-7,12H,8-11,13H2. The lowest BCUT2D eigenvalue weighted by atomic mass is 10.2. The number of amides is 1. The molecule has 0 aliphatic carbocycles. The van der Waals surface area contributed by atoms with Crippen molar-refractivity contribution in [2.24, 2.45) is 0 Å². The van der Waals surface area contributed by atoms with Crippen LogP contribution in [0.25, 0.3) is 0 Å². The summed E-state index contributed by atoms with van der Waals surface area (Å²) in [7, 11) is 0. The first kappa shape index (κ1) is 14.9. The highest BCUT2D eigenvalue weighted by molar-refractivity contribution is 9.09. The molecule has 0 fully saturated rings. The Morgan fingerprint density at radius 3 is 2.60 bits per heavy atom. The van der Waals surface area contributed by atoms with Gasteiger partial charge in [-0.2, -0.15) is 0 Å². The number of alkyl halides is 1. The minimum absolute atomic E-state index is 0.157. The molecule has 2 aromatic rings. The van der Waals surface area contributed by atoms with E-state index in [2.05, 4.69) is 15.9 Å². The van der Waals surface area contributed by atoms with E-state index in [1.165, 1.54) is 0 Å². The van der Waals surface area contributed by atoms with Gasteiger partial charge in [0.1, 0.15) is 5.76 Å². The van der Waals surface area contributed by atoms with Crippen LogP contribution in [0.4, 0.5) is 0 Å². The van der Waals surface area contributed by atoms with Crippen molar-refractivity contribution in [2.75, 3.05) is 11.9 Å². The summed E-state index contributed by atoms with van der Waals surface area (Å²) in [5.74, 6) is 1.02. The lowest BCUT2D eigenvalue weighted by molar-refractivity contribution is -0.131. The maximum atomic E-state index is 12.3. The lowest BCUT2D eigenvalue weighted by Crippen LogP contribution is -2.32. The average molecular weight is 336 g/mol. The van der Waals surface area contributed by atoms with Crippen LogP contribution in [0.2, 0.25) is 0 Å². The van der Waals surface area contributed by atoms with Crippen LogP contribution < -0.4 is 0 Å². The molecule has 0 spiro atoms. The van der Waals surface area contributed by atoms with Crippen molar-refractivity contribution in [1.29, 1.82) is 0 Å². The van der Waals surface area contributed by atoms with Gasteiger partial charge in [0.15, 0.2) is 0 Å². The molecule has 1 amide bonds. The molecule has 1 aromatic carbocycles. The maximum Gasteiger partial charge on any atom is 0.223 e. The summed E-state index contributed by atoms with van der Waals surface area (Å²) in [5, 5.41) is 0.784. The van der Waals surface area contributed by atoms with E-state index in [1.807, 2.05) is 47.4 Å². The number of hydrogen-bond acceptors (Lipinski definition) is 2. The number of halogens is 1. The second kappa shape index (κ2) is 7.90. The van der Waals surface area contributed by atoms with Crippen molar-refractivity contribution in [1.82, 2.24) is 4.90 Å². The van der Waals surface area contributed by atoms with Crippen molar-refractivity contribution in [2.45, 2.75) is 19.4 Å². The monoisotopic (exact) mass is 335 g/mol. The summed E-state index contributed by atoms with van der Waals surface area (Å²) >= 11 is 3.41. The van der Waals surface area contributed by atoms with Gasteiger partial charge >= 0.3 is 0 Å². The third-order valence-electron chi connectivity index (χ3n) is 3.09. The fourth-order valence-corrected chi connectivity index (χ4v) is 2.47. The highest BCUT2D eigenvalue weighted by Crippen LogP contribution is 2.10. The summed E-state index contributed by atoms with van der Waals surface area (Å²) in [4.78, 5) is 14.2. The first-order valence-electron chi connectivity index (χ1n) is 6.69. The molecule has 2 rings (SSSR count). The van der Waals surface area contributed by atoms with Crippen LogP contribution in [0.3, 0.4) is 0 Å². The van der Waals surface area contributed by atoms with Gasteiger partial charge in [-0.05, 0) is 17.7 Å². The summed E-state index contributed by atoms with van der Waals surface area (Å²) in [6.45, 7) is 1.37. The van der Waals surface area contributed by atoms with Gasteiger partial charge < -0.3 is 9.32 Å². The predicted molar refractivity (Wildman–Crippen MR) is 82.7 cm³/mol. The molecule has 1 aromatic heterocycles. The molecule has 0 aliphatic heterocycles. The minimum Gasteiger partial charge on any atom is -0.469 e. The largest absolute Gasteiger partial charge is 0.469 e. The number of nitrogens with zero attached hydrogens (tertiary/aromatic N) is 1. The number of carbonyl (C=O) groups is 1. The van der Waals surface area contributed by atoms with Gasteiger partial charge in [0, 0.05) is 31.3 Å². The Labute approximate surface area is 127 Å². The third-order valence-corrected chi connectivity index (χ3v) is 3.44. The fraction of sp³-hybridized carbons (Fsp3) is 0.312. The van der Waals surface area contributed by atoms with Gasteiger partial charge in [-0.15, -0.1) is 0 Å². The Morgan fingerprint density at radius 1 is 1.15 bits per heavy atom. The summed E-state index contributed by atoms with van der Waals surface area (Å²) in [6, 6.07) is 13.8. The van der Waals surface area contributed by atoms with Crippen LogP contribution in [-0.4, -0.2) is 22.7 Å². The van der Waals surface area contributed by atoms with Gasteiger partial charge in [-0.1, -0.05) is 46.3 Å². The molecule has 0 N–H and O–H groups in total. The maximum absolute atomic E-state index is 12.3. The molecule has 0 atom stereocenters. The van der Waals surface area contributed by atoms with Crippen molar-refractivity contribution in [3.8, 4) is 0 Å². The number of carbonyl (C=O) groups excluding carboxylic acids is 1. The first-order valence-corrected chi connectivity index (χ1v) is 7.82. The third kappa shape index (κ3) is 4.53. The zero-order valence-corrected chi connectivity index (χ0v) is 12.9. The van der Waals surface area contributed by atoms with E-state index in [4.69, 9.17) is 4.42 Å². The SMILES string of the molecule is O=C(CCc1ccco1)N(CCBr)Cc1ccccc1. The van der Waals surface area contributed by atoms with Crippen LogP contribution in [-0.2, 0) is 17.8 Å². The zero-order chi connectivity index (χ0) is 14.2. The molecule has 4 heteroatoms. The molecule has 3 nitrogen and oxygen atoms in total. The molecular formula is C16H18BrNO2. The quantitative estimate of drug-likeness (QED) is 0.724. The normalized spacial score (nSPS) is 10.4. The van der Waals surface area contributed by atoms with E-state index in [0.717, 1.165) is 16.7 Å². The zero-order valence-electron chi connectivity index (χ0n) is 11.3. The molecule has 1 heterocycles. The van der Waals surface area contributed by atoms with Crippen LogP contribution in [0.5, 0.6) is 0 Å². The number of rotatable bonds is 7. The minimum atomic E-state index is 0.157. The van der Waals surface area contributed by atoms with Gasteiger partial charge in [0.25, 0.3) is 0 Å². The van der Waals surface area contributed by atoms with Crippen molar-refractivity contribution >= 4 is 21.8 Å². The first-order chi connectivity index (χ1) is 9.79. The molecular weight excluding hydrogens is 318 g/mol. The molecule has 0 aliphatic rings. The molecule has 0 saturated carbocycles. The van der Waals surface area contributed by atoms with Crippen molar-refractivity contribution in [3.05, 3.63) is 60.1 Å². The molecule has 20 heavy (non-hydrogen) atoms. The number of benzene rings is 1. The fourth-order valence-electron chi connectivity index (χ4n) is 2.04. The molecule has 0 bridgehead atoms. The van der Waals surface area contributed by atoms with Crippen LogP contribution in [0.1, 0.15) is 17.7 Å². The Kier molecular flexibility index (Phi) is 5.87. The van der Waals surface area contributed by atoms with Crippen molar-refractivity contribution in [3.63, 3.8) is 0 Å². The van der Waals surface area contributed by atoms with E-state index >= 15 is 0 Å². The molecule has 0 radical (unpaired) electrons. The van der Waals surface area contributed by atoms with E-state index in [0.29, 0.717) is 25.9 Å². The summed E-state index contributed by atoms with van der Waals surface area (Å²) in [6.07, 6.45) is 2.77. The van der Waals surface area contributed by atoms with Gasteiger partial charge in [0.05, 0.1) is 6.26 Å². The molecule has 106 valence electrons. The highest BCUT2D eigenvalue weighted by atomic mass is 79.9. The van der Waals surface area contributed by atoms with E-state index < -0.39 is 0 Å². The smallest absolute Gasteiger partial charge is 0.223 e. The Balaban J connectivity index is 1.91. The van der Waals surface area contributed by atoms with E-state index in [9.17, 15) is 4.79 Å². The van der Waals surface area contributed by atoms with Crippen LogP contribution >= 0.6 is 15.9 Å². The Bertz CT molecular complexity index is 511. The van der Waals surface area contributed by atoms with E-state index in [1.54, 1.807) is 6.26 Å². The number of furan rings is 1. The van der Waals surface area contributed by atoms with Crippen molar-refractivity contribution < 1.29 is 9.21 Å². The predicted octanol–water partition coefficient (Wildman–Crippen LogP) is 3.64. The lowest BCUT2D eigenvalue weighted by Gasteiger charge is -2.21. The second-order valence-electron chi connectivity index (χ2n) is 4.57. The molecule has 0 unspecified atom stereocenters. The number of aryl methyl sites for hydroxylation is 1. The average Bonchev–Trinajstić information content (AvgIpc) is 2.99. The van der Waals surface area contributed by atoms with E-state index in [-0.39, 0.29) is 5.91 Å². The Hall–Kier alpha value is -1.55. The summed E-state index contributed by atoms with van der Waals surface area (Å²) < 4.78 is 5.26. The van der Waals surface area contributed by atoms with Gasteiger partial charge in [-0.3, -0.25) is 4.79 Å². The topological polar surface area (TPSA) is 33.5 Å². The van der Waals surface area contributed by atoms with Gasteiger partial charge in [-0.25, -0.2) is 0 Å². The van der Waals surface area contributed by atoms with Crippen LogP contribution in [0, 0.1) is 0 Å². The van der Waals surface area contributed by atoms with Crippen LogP contribution in [0.15, 0.2) is 53.1 Å². The highest BCUT2D eigenvalue weighted by Gasteiger charge is 2.13. The number of hydrogen-bond donors (Lipinski definition) is 0. The summed E-state index contributed by atoms with van der Waals surface area (Å²) in [5.41, 5.74) is 1.15. The van der Waals surface area contributed by atoms with Gasteiger partial charge in [0.2, 0.25) is 5.91 Å². The Morgan fingerprint density at radius 2 is 1.95 bits per heavy atom. The second-order valence-corrected chi connectivity index (χ2v) is 5.36.